The number of pyridine rings is 2. The van der Waals surface area contributed by atoms with Gasteiger partial charge in [0.2, 0.25) is 0 Å². The van der Waals surface area contributed by atoms with Crippen LogP contribution in [-0.2, 0) is 6.61 Å². The van der Waals surface area contributed by atoms with E-state index in [2.05, 4.69) is 4.98 Å². The molecule has 1 fully saturated rings. The molecule has 0 saturated heterocycles. The first kappa shape index (κ1) is 21.2. The quantitative estimate of drug-likeness (QED) is 0.545. The molecule has 8 heteroatoms. The van der Waals surface area contributed by atoms with Crippen LogP contribution in [0.2, 0.25) is 5.02 Å². The molecule has 1 aromatic carbocycles. The van der Waals surface area contributed by atoms with E-state index >= 15 is 0 Å². The second kappa shape index (κ2) is 9.41. The molecule has 1 unspecified atom stereocenters. The first-order valence-electron chi connectivity index (χ1n) is 9.98. The molecule has 0 radical (unpaired) electrons. The standard InChI is InChI=1S/C23H23ClN2O5/c1-29-22-10-18(6-7-21(22)31-14-20(27)15-2-3-15)26-9-8-19(11-23(26)28)30-13-17-5-4-16(24)12-25-17/h4-12,15,20,27H,2-3,13-14H2,1H3. The summed E-state index contributed by atoms with van der Waals surface area (Å²) in [5.74, 6) is 1.79. The molecule has 162 valence electrons. The topological polar surface area (TPSA) is 82.8 Å². The Morgan fingerprint density at radius 2 is 2.00 bits per heavy atom. The number of nitrogens with zero attached hydrogens (tertiary/aromatic N) is 2. The van der Waals surface area contributed by atoms with E-state index in [4.69, 9.17) is 25.8 Å². The van der Waals surface area contributed by atoms with Gasteiger partial charge >= 0.3 is 0 Å². The monoisotopic (exact) mass is 442 g/mol. The normalized spacial score (nSPS) is 14.2. The maximum Gasteiger partial charge on any atom is 0.258 e. The number of ether oxygens (including phenoxy) is 3. The highest BCUT2D eigenvalue weighted by Crippen LogP contribution is 2.34. The molecule has 1 aliphatic rings. The molecule has 0 spiro atoms. The van der Waals surface area contributed by atoms with Crippen LogP contribution < -0.4 is 19.8 Å². The number of hydrogen-bond acceptors (Lipinski definition) is 6. The van der Waals surface area contributed by atoms with Crippen LogP contribution in [0.15, 0.2) is 59.7 Å². The van der Waals surface area contributed by atoms with Gasteiger partial charge in [-0.3, -0.25) is 14.3 Å². The summed E-state index contributed by atoms with van der Waals surface area (Å²) in [7, 11) is 1.54. The van der Waals surface area contributed by atoms with E-state index in [1.807, 2.05) is 0 Å². The van der Waals surface area contributed by atoms with Crippen molar-refractivity contribution in [2.45, 2.75) is 25.6 Å². The van der Waals surface area contributed by atoms with Gasteiger partial charge in [0, 0.05) is 24.5 Å². The molecule has 7 nitrogen and oxygen atoms in total. The fourth-order valence-corrected chi connectivity index (χ4v) is 3.24. The molecule has 1 saturated carbocycles. The zero-order valence-electron chi connectivity index (χ0n) is 17.0. The highest BCUT2D eigenvalue weighted by molar-refractivity contribution is 6.30. The summed E-state index contributed by atoms with van der Waals surface area (Å²) in [4.78, 5) is 16.8. The van der Waals surface area contributed by atoms with Crippen LogP contribution in [0.3, 0.4) is 0 Å². The van der Waals surface area contributed by atoms with E-state index in [-0.39, 0.29) is 18.8 Å². The first-order chi connectivity index (χ1) is 15.0. The van der Waals surface area contributed by atoms with Gasteiger partial charge < -0.3 is 19.3 Å². The summed E-state index contributed by atoms with van der Waals surface area (Å²) in [5, 5.41) is 10.6. The zero-order chi connectivity index (χ0) is 21.8. The molecule has 31 heavy (non-hydrogen) atoms. The number of hydrogen-bond donors (Lipinski definition) is 1. The Morgan fingerprint density at radius 3 is 2.68 bits per heavy atom. The zero-order valence-corrected chi connectivity index (χ0v) is 17.8. The Hall–Kier alpha value is -3.03. The van der Waals surface area contributed by atoms with E-state index in [0.717, 1.165) is 12.8 Å². The van der Waals surface area contributed by atoms with Gasteiger partial charge in [-0.05, 0) is 49.1 Å². The van der Waals surface area contributed by atoms with Crippen molar-refractivity contribution in [3.8, 4) is 22.9 Å². The van der Waals surface area contributed by atoms with E-state index < -0.39 is 6.10 Å². The summed E-state index contributed by atoms with van der Waals surface area (Å²) in [6, 6.07) is 11.8. The van der Waals surface area contributed by atoms with Crippen LogP contribution in [0.1, 0.15) is 18.5 Å². The van der Waals surface area contributed by atoms with Gasteiger partial charge in [0.1, 0.15) is 19.0 Å². The predicted molar refractivity (Wildman–Crippen MR) is 116 cm³/mol. The van der Waals surface area contributed by atoms with Gasteiger partial charge in [0.05, 0.1) is 29.6 Å². The van der Waals surface area contributed by atoms with Crippen LogP contribution in [-0.4, -0.2) is 34.5 Å². The Balaban J connectivity index is 1.45. The first-order valence-corrected chi connectivity index (χ1v) is 10.4. The van der Waals surface area contributed by atoms with E-state index in [9.17, 15) is 9.90 Å². The summed E-state index contributed by atoms with van der Waals surface area (Å²) in [5.41, 5.74) is 1.09. The minimum Gasteiger partial charge on any atom is -0.493 e. The molecular weight excluding hydrogens is 420 g/mol. The SMILES string of the molecule is COc1cc(-n2ccc(OCc3ccc(Cl)cn3)cc2=O)ccc1OCC(O)C1CC1. The average Bonchev–Trinajstić information content (AvgIpc) is 3.63. The highest BCUT2D eigenvalue weighted by atomic mass is 35.5. The maximum atomic E-state index is 12.6. The van der Waals surface area contributed by atoms with E-state index in [1.165, 1.54) is 17.7 Å². The van der Waals surface area contributed by atoms with Crippen molar-refractivity contribution < 1.29 is 19.3 Å². The summed E-state index contributed by atoms with van der Waals surface area (Å²) >= 11 is 5.83. The van der Waals surface area contributed by atoms with Crippen molar-refractivity contribution in [3.05, 3.63) is 75.9 Å². The van der Waals surface area contributed by atoms with Gasteiger partial charge in [0.25, 0.3) is 5.56 Å². The van der Waals surface area contributed by atoms with Crippen LogP contribution in [0.5, 0.6) is 17.2 Å². The number of aliphatic hydroxyl groups excluding tert-OH is 1. The molecule has 1 aliphatic carbocycles. The second-order valence-corrected chi connectivity index (χ2v) is 7.81. The molecule has 0 amide bonds. The molecule has 1 N–H and O–H groups in total. The summed E-state index contributed by atoms with van der Waals surface area (Å²) in [6.07, 6.45) is 4.80. The van der Waals surface area contributed by atoms with Crippen molar-refractivity contribution in [1.29, 1.82) is 0 Å². The number of aliphatic hydroxyl groups is 1. The Kier molecular flexibility index (Phi) is 6.44. The third-order valence-corrected chi connectivity index (χ3v) is 5.29. The second-order valence-electron chi connectivity index (χ2n) is 7.38. The molecule has 1 atom stereocenters. The van der Waals surface area contributed by atoms with Crippen molar-refractivity contribution in [2.24, 2.45) is 5.92 Å². The number of methoxy groups -OCH3 is 1. The maximum absolute atomic E-state index is 12.6. The lowest BCUT2D eigenvalue weighted by atomic mass is 10.2. The third-order valence-electron chi connectivity index (χ3n) is 5.07. The number of halogens is 1. The molecule has 0 bridgehead atoms. The molecule has 2 aromatic heterocycles. The van der Waals surface area contributed by atoms with E-state index in [1.54, 1.807) is 48.8 Å². The lowest BCUT2D eigenvalue weighted by Crippen LogP contribution is -2.20. The fraction of sp³-hybridized carbons (Fsp3) is 0.304. The molecule has 4 rings (SSSR count). The van der Waals surface area contributed by atoms with Gasteiger partial charge in [-0.2, -0.15) is 0 Å². The molecular formula is C23H23ClN2O5. The largest absolute Gasteiger partial charge is 0.493 e. The fourth-order valence-electron chi connectivity index (χ4n) is 3.13. The van der Waals surface area contributed by atoms with Crippen molar-refractivity contribution in [1.82, 2.24) is 9.55 Å². The van der Waals surface area contributed by atoms with Crippen LogP contribution in [0.4, 0.5) is 0 Å². The van der Waals surface area contributed by atoms with Crippen LogP contribution in [0.25, 0.3) is 5.69 Å². The Labute approximate surface area is 184 Å². The number of benzene rings is 1. The molecule has 3 aromatic rings. The summed E-state index contributed by atoms with van der Waals surface area (Å²) in [6.45, 7) is 0.446. The highest BCUT2D eigenvalue weighted by Gasteiger charge is 2.30. The average molecular weight is 443 g/mol. The number of rotatable bonds is 9. The lowest BCUT2D eigenvalue weighted by molar-refractivity contribution is 0.0880. The molecule has 2 heterocycles. The van der Waals surface area contributed by atoms with Gasteiger partial charge in [0.15, 0.2) is 11.5 Å². The molecule has 0 aliphatic heterocycles. The van der Waals surface area contributed by atoms with Gasteiger partial charge in [-0.1, -0.05) is 11.6 Å². The lowest BCUT2D eigenvalue weighted by Gasteiger charge is -2.15. The number of aromatic nitrogens is 2. The van der Waals surface area contributed by atoms with Crippen molar-refractivity contribution >= 4 is 11.6 Å². The Morgan fingerprint density at radius 1 is 1.16 bits per heavy atom. The minimum absolute atomic E-state index is 0.217. The Bertz CT molecular complexity index is 1100. The van der Waals surface area contributed by atoms with Gasteiger partial charge in [-0.15, -0.1) is 0 Å². The predicted octanol–water partition coefficient (Wildman–Crippen LogP) is 3.62. The van der Waals surface area contributed by atoms with Crippen molar-refractivity contribution in [2.75, 3.05) is 13.7 Å². The van der Waals surface area contributed by atoms with Crippen LogP contribution in [0, 0.1) is 5.92 Å². The van der Waals surface area contributed by atoms with Gasteiger partial charge in [-0.25, -0.2) is 0 Å². The third kappa shape index (κ3) is 5.37. The van der Waals surface area contributed by atoms with Crippen molar-refractivity contribution in [3.63, 3.8) is 0 Å². The smallest absolute Gasteiger partial charge is 0.258 e. The minimum atomic E-state index is -0.470. The van der Waals surface area contributed by atoms with Crippen LogP contribution >= 0.6 is 11.6 Å². The summed E-state index contributed by atoms with van der Waals surface area (Å²) < 4.78 is 18.3. The van der Waals surface area contributed by atoms with E-state index in [0.29, 0.717) is 39.6 Å².